The van der Waals surface area contributed by atoms with Crippen molar-refractivity contribution >= 4 is 0 Å². The van der Waals surface area contributed by atoms with Crippen molar-refractivity contribution in [1.29, 1.82) is 0 Å². The molecule has 5 nitrogen and oxygen atoms in total. The molecule has 0 unspecified atom stereocenters. The second kappa shape index (κ2) is 6.24. The van der Waals surface area contributed by atoms with Crippen molar-refractivity contribution in [3.05, 3.63) is 47.2 Å². The molecule has 0 aliphatic heterocycles. The summed E-state index contributed by atoms with van der Waals surface area (Å²) in [5.41, 5.74) is 8.58. The number of pyridine rings is 1. The lowest BCUT2D eigenvalue weighted by atomic mass is 10.2. The van der Waals surface area contributed by atoms with Gasteiger partial charge in [-0.25, -0.2) is 15.0 Å². The Labute approximate surface area is 112 Å². The molecule has 0 aromatic carbocycles. The van der Waals surface area contributed by atoms with E-state index in [0.717, 1.165) is 29.2 Å². The molecule has 0 aliphatic rings. The Morgan fingerprint density at radius 2 is 2.11 bits per heavy atom. The predicted octanol–water partition coefficient (Wildman–Crippen LogP) is 1.28. The molecule has 0 spiro atoms. The van der Waals surface area contributed by atoms with Crippen LogP contribution >= 0.6 is 0 Å². The van der Waals surface area contributed by atoms with Crippen LogP contribution in [-0.4, -0.2) is 28.6 Å². The van der Waals surface area contributed by atoms with Gasteiger partial charge in [0.1, 0.15) is 5.82 Å². The first-order chi connectivity index (χ1) is 9.21. The van der Waals surface area contributed by atoms with E-state index in [1.54, 1.807) is 13.3 Å². The van der Waals surface area contributed by atoms with E-state index in [1.807, 2.05) is 25.1 Å². The Morgan fingerprint density at radius 1 is 1.26 bits per heavy atom. The molecular weight excluding hydrogens is 240 g/mol. The van der Waals surface area contributed by atoms with E-state index in [9.17, 15) is 0 Å². The summed E-state index contributed by atoms with van der Waals surface area (Å²) < 4.78 is 5.03. The van der Waals surface area contributed by atoms with Gasteiger partial charge in [0.2, 0.25) is 5.88 Å². The van der Waals surface area contributed by atoms with Gasteiger partial charge in [-0.2, -0.15) is 0 Å². The third kappa shape index (κ3) is 3.72. The van der Waals surface area contributed by atoms with E-state index < -0.39 is 0 Å². The number of nitrogens with zero attached hydrogens (tertiary/aromatic N) is 3. The van der Waals surface area contributed by atoms with Gasteiger partial charge in [-0.1, -0.05) is 6.07 Å². The minimum atomic E-state index is 0.597. The molecule has 100 valence electrons. The van der Waals surface area contributed by atoms with Crippen LogP contribution in [0.2, 0.25) is 0 Å². The number of methoxy groups -OCH3 is 1. The highest BCUT2D eigenvalue weighted by Crippen LogP contribution is 2.10. The van der Waals surface area contributed by atoms with Gasteiger partial charge in [0, 0.05) is 36.5 Å². The third-order valence-corrected chi connectivity index (χ3v) is 2.72. The van der Waals surface area contributed by atoms with Crippen LogP contribution in [0.3, 0.4) is 0 Å². The van der Waals surface area contributed by atoms with Crippen LogP contribution in [0.5, 0.6) is 5.88 Å². The smallest absolute Gasteiger partial charge is 0.212 e. The number of rotatable bonds is 5. The van der Waals surface area contributed by atoms with Crippen LogP contribution < -0.4 is 10.5 Å². The number of hydrogen-bond acceptors (Lipinski definition) is 5. The molecule has 0 saturated heterocycles. The summed E-state index contributed by atoms with van der Waals surface area (Å²) >= 11 is 0. The zero-order valence-electron chi connectivity index (χ0n) is 11.3. The van der Waals surface area contributed by atoms with Crippen LogP contribution in [0.15, 0.2) is 24.4 Å². The number of aromatic nitrogens is 3. The van der Waals surface area contributed by atoms with Gasteiger partial charge in [0.15, 0.2) is 0 Å². The number of hydrogen-bond donors (Lipinski definition) is 1. The molecular formula is C14H18N4O. The molecule has 2 aromatic rings. The monoisotopic (exact) mass is 258 g/mol. The molecule has 19 heavy (non-hydrogen) atoms. The van der Waals surface area contributed by atoms with E-state index >= 15 is 0 Å². The number of aryl methyl sites for hydroxylation is 1. The van der Waals surface area contributed by atoms with Crippen LogP contribution in [-0.2, 0) is 12.8 Å². The van der Waals surface area contributed by atoms with E-state index in [2.05, 4.69) is 15.0 Å². The number of ether oxygens (including phenoxy) is 1. The average Bonchev–Trinajstić information content (AvgIpc) is 2.39. The van der Waals surface area contributed by atoms with Crippen LogP contribution in [0, 0.1) is 6.92 Å². The highest BCUT2D eigenvalue weighted by molar-refractivity contribution is 5.22. The molecule has 2 aromatic heterocycles. The molecule has 2 heterocycles. The summed E-state index contributed by atoms with van der Waals surface area (Å²) in [7, 11) is 1.60. The fraction of sp³-hybridized carbons (Fsp3) is 0.357. The third-order valence-electron chi connectivity index (χ3n) is 2.72. The predicted molar refractivity (Wildman–Crippen MR) is 73.1 cm³/mol. The standard InChI is InChI=1S/C14H18N4O/c1-10-7-12(5-6-15)18-13(17-10)8-11-3-4-14(19-2)16-9-11/h3-4,7,9H,5-6,8,15H2,1-2H3. The fourth-order valence-corrected chi connectivity index (χ4v) is 1.87. The van der Waals surface area contributed by atoms with Crippen LogP contribution in [0.25, 0.3) is 0 Å². The lowest BCUT2D eigenvalue weighted by Gasteiger charge is -2.06. The summed E-state index contributed by atoms with van der Waals surface area (Å²) in [6.45, 7) is 2.57. The minimum Gasteiger partial charge on any atom is -0.481 e. The van der Waals surface area contributed by atoms with Gasteiger partial charge in [-0.3, -0.25) is 0 Å². The van der Waals surface area contributed by atoms with Crippen LogP contribution in [0.1, 0.15) is 22.8 Å². The second-order valence-electron chi connectivity index (χ2n) is 4.34. The Kier molecular flexibility index (Phi) is 4.41. The Hall–Kier alpha value is -2.01. The lowest BCUT2D eigenvalue weighted by molar-refractivity contribution is 0.397. The Balaban J connectivity index is 2.17. The lowest BCUT2D eigenvalue weighted by Crippen LogP contribution is -2.08. The van der Waals surface area contributed by atoms with E-state index in [0.29, 0.717) is 18.8 Å². The highest BCUT2D eigenvalue weighted by atomic mass is 16.5. The zero-order chi connectivity index (χ0) is 13.7. The summed E-state index contributed by atoms with van der Waals surface area (Å²) in [6.07, 6.45) is 3.22. The Morgan fingerprint density at radius 3 is 2.74 bits per heavy atom. The average molecular weight is 258 g/mol. The van der Waals surface area contributed by atoms with Gasteiger partial charge in [-0.05, 0) is 25.1 Å². The maximum atomic E-state index is 5.56. The molecule has 0 bridgehead atoms. The second-order valence-corrected chi connectivity index (χ2v) is 4.34. The van der Waals surface area contributed by atoms with Crippen molar-refractivity contribution in [2.75, 3.05) is 13.7 Å². The highest BCUT2D eigenvalue weighted by Gasteiger charge is 2.04. The van der Waals surface area contributed by atoms with E-state index in [-0.39, 0.29) is 0 Å². The summed E-state index contributed by atoms with van der Waals surface area (Å²) in [5, 5.41) is 0. The zero-order valence-corrected chi connectivity index (χ0v) is 11.3. The fourth-order valence-electron chi connectivity index (χ4n) is 1.87. The van der Waals surface area contributed by atoms with Crippen LogP contribution in [0.4, 0.5) is 0 Å². The molecule has 5 heteroatoms. The summed E-state index contributed by atoms with van der Waals surface area (Å²) in [4.78, 5) is 13.1. The van der Waals surface area contributed by atoms with Crippen molar-refractivity contribution in [2.24, 2.45) is 5.73 Å². The molecule has 0 radical (unpaired) electrons. The van der Waals surface area contributed by atoms with Gasteiger partial charge in [-0.15, -0.1) is 0 Å². The van der Waals surface area contributed by atoms with Crippen molar-refractivity contribution in [3.63, 3.8) is 0 Å². The van der Waals surface area contributed by atoms with E-state index in [1.165, 1.54) is 0 Å². The van der Waals surface area contributed by atoms with Crippen molar-refractivity contribution < 1.29 is 4.74 Å². The quantitative estimate of drug-likeness (QED) is 0.874. The first-order valence-corrected chi connectivity index (χ1v) is 6.23. The van der Waals surface area contributed by atoms with Gasteiger partial charge < -0.3 is 10.5 Å². The van der Waals surface area contributed by atoms with Crippen molar-refractivity contribution in [2.45, 2.75) is 19.8 Å². The largest absolute Gasteiger partial charge is 0.481 e. The Bertz CT molecular complexity index is 540. The molecule has 0 fully saturated rings. The maximum absolute atomic E-state index is 5.56. The first kappa shape index (κ1) is 13.4. The normalized spacial score (nSPS) is 10.5. The van der Waals surface area contributed by atoms with Crippen molar-refractivity contribution in [1.82, 2.24) is 15.0 Å². The van der Waals surface area contributed by atoms with Gasteiger partial charge in [0.25, 0.3) is 0 Å². The van der Waals surface area contributed by atoms with Gasteiger partial charge in [0.05, 0.1) is 7.11 Å². The molecule has 0 amide bonds. The summed E-state index contributed by atoms with van der Waals surface area (Å²) in [5.74, 6) is 1.41. The van der Waals surface area contributed by atoms with Gasteiger partial charge >= 0.3 is 0 Å². The molecule has 2 N–H and O–H groups in total. The molecule has 2 rings (SSSR count). The SMILES string of the molecule is COc1ccc(Cc2nc(C)cc(CCN)n2)cn1. The van der Waals surface area contributed by atoms with E-state index in [4.69, 9.17) is 10.5 Å². The molecule has 0 saturated carbocycles. The molecule has 0 atom stereocenters. The minimum absolute atomic E-state index is 0.597. The maximum Gasteiger partial charge on any atom is 0.212 e. The topological polar surface area (TPSA) is 73.9 Å². The summed E-state index contributed by atoms with van der Waals surface area (Å²) in [6, 6.07) is 5.79. The van der Waals surface area contributed by atoms with Crippen molar-refractivity contribution in [3.8, 4) is 5.88 Å². The molecule has 0 aliphatic carbocycles. The number of nitrogens with two attached hydrogens (primary N) is 1. The first-order valence-electron chi connectivity index (χ1n) is 6.23.